The van der Waals surface area contributed by atoms with Gasteiger partial charge in [-0.2, -0.15) is 0 Å². The van der Waals surface area contributed by atoms with Gasteiger partial charge < -0.3 is 0 Å². The molecule has 2 rings (SSSR count). The first-order chi connectivity index (χ1) is 7.95. The Bertz CT molecular complexity index is 313. The Hall–Kier alpha value is -0.620. The Balaban J connectivity index is 1.60. The molecule has 0 N–H and O–H groups in total. The highest BCUT2D eigenvalue weighted by Gasteiger charge is 2.03. The Morgan fingerprint density at radius 2 is 1.44 bits per heavy atom. The van der Waals surface area contributed by atoms with E-state index in [1.165, 1.54) is 0 Å². The lowest BCUT2D eigenvalue weighted by molar-refractivity contribution is 0.988. The standard InChI is InChI=1S/C10H14N4S2/c1(11-7-9-13-3-5-15-9)2-12-8-10-14-4-6-16-10/h7-8H,1-6H2. The predicted octanol–water partition coefficient (Wildman–Crippen LogP) is 1.42. The molecule has 0 aliphatic carbocycles. The number of nitrogens with zero attached hydrogens (tertiary/aromatic N) is 4. The third-order valence-electron chi connectivity index (χ3n) is 1.98. The third-order valence-corrected chi connectivity index (χ3v) is 3.81. The van der Waals surface area contributed by atoms with E-state index in [1.807, 2.05) is 12.4 Å². The molecule has 0 aromatic heterocycles. The molecule has 0 amide bonds. The summed E-state index contributed by atoms with van der Waals surface area (Å²) in [5.41, 5.74) is 0. The topological polar surface area (TPSA) is 49.4 Å². The summed E-state index contributed by atoms with van der Waals surface area (Å²) in [6, 6.07) is 0. The molecule has 16 heavy (non-hydrogen) atoms. The summed E-state index contributed by atoms with van der Waals surface area (Å²) in [5, 5.41) is 2.11. The summed E-state index contributed by atoms with van der Waals surface area (Å²) in [6.45, 7) is 3.32. The van der Waals surface area contributed by atoms with E-state index in [1.54, 1.807) is 23.5 Å². The largest absolute Gasteiger partial charge is 0.288 e. The third kappa shape index (κ3) is 4.09. The van der Waals surface area contributed by atoms with Gasteiger partial charge in [0.05, 0.1) is 25.5 Å². The van der Waals surface area contributed by atoms with Crippen LogP contribution in [0.3, 0.4) is 0 Å². The molecule has 0 radical (unpaired) electrons. The van der Waals surface area contributed by atoms with E-state index in [2.05, 4.69) is 20.0 Å². The fourth-order valence-electron chi connectivity index (χ4n) is 1.26. The first kappa shape index (κ1) is 11.9. The van der Waals surface area contributed by atoms with Gasteiger partial charge in [-0.3, -0.25) is 20.0 Å². The van der Waals surface area contributed by atoms with Crippen molar-refractivity contribution in [3.63, 3.8) is 0 Å². The van der Waals surface area contributed by atoms with Gasteiger partial charge in [-0.15, -0.1) is 23.5 Å². The number of aliphatic imine (C=N–C) groups is 4. The fraction of sp³-hybridized carbons (Fsp3) is 0.600. The molecule has 86 valence electrons. The molecule has 2 aliphatic heterocycles. The van der Waals surface area contributed by atoms with Crippen molar-refractivity contribution in [2.75, 3.05) is 37.7 Å². The van der Waals surface area contributed by atoms with Crippen LogP contribution < -0.4 is 0 Å². The van der Waals surface area contributed by atoms with Crippen LogP contribution in [0.4, 0.5) is 0 Å². The Morgan fingerprint density at radius 1 is 0.938 bits per heavy atom. The molecular weight excluding hydrogens is 240 g/mol. The van der Waals surface area contributed by atoms with Gasteiger partial charge in [-0.05, 0) is 0 Å². The van der Waals surface area contributed by atoms with E-state index in [4.69, 9.17) is 0 Å². The summed E-state index contributed by atoms with van der Waals surface area (Å²) in [5.74, 6) is 2.19. The first-order valence-corrected chi connectivity index (χ1v) is 7.26. The molecule has 0 fully saturated rings. The van der Waals surface area contributed by atoms with E-state index in [0.717, 1.165) is 47.8 Å². The molecule has 0 atom stereocenters. The highest BCUT2D eigenvalue weighted by molar-refractivity contribution is 8.16. The molecule has 2 aliphatic rings. The maximum atomic E-state index is 4.29. The van der Waals surface area contributed by atoms with E-state index < -0.39 is 0 Å². The van der Waals surface area contributed by atoms with Crippen LogP contribution >= 0.6 is 23.5 Å². The summed E-state index contributed by atoms with van der Waals surface area (Å²) < 4.78 is 0. The van der Waals surface area contributed by atoms with Crippen molar-refractivity contribution in [2.24, 2.45) is 20.0 Å². The van der Waals surface area contributed by atoms with Crippen LogP contribution in [0.2, 0.25) is 0 Å². The van der Waals surface area contributed by atoms with Crippen molar-refractivity contribution in [2.45, 2.75) is 0 Å². The SMILES string of the molecule is C(=NCCN=CC1=NCCS1)C1=NCCS1. The maximum absolute atomic E-state index is 4.29. The average molecular weight is 254 g/mol. The van der Waals surface area contributed by atoms with Gasteiger partial charge in [-0.1, -0.05) is 0 Å². The van der Waals surface area contributed by atoms with Gasteiger partial charge in [0.2, 0.25) is 0 Å². The number of hydrogen-bond donors (Lipinski definition) is 0. The van der Waals surface area contributed by atoms with Crippen molar-refractivity contribution in [1.82, 2.24) is 0 Å². The summed E-state index contributed by atoms with van der Waals surface area (Å²) in [7, 11) is 0. The van der Waals surface area contributed by atoms with Gasteiger partial charge in [0.15, 0.2) is 0 Å². The summed E-state index contributed by atoms with van der Waals surface area (Å²) in [4.78, 5) is 17.1. The smallest absolute Gasteiger partial charge is 0.108 e. The highest BCUT2D eigenvalue weighted by atomic mass is 32.2. The lowest BCUT2D eigenvalue weighted by atomic mass is 10.6. The molecule has 0 aromatic rings. The predicted molar refractivity (Wildman–Crippen MR) is 76.2 cm³/mol. The lowest BCUT2D eigenvalue weighted by Gasteiger charge is -1.90. The molecule has 0 spiro atoms. The van der Waals surface area contributed by atoms with Crippen LogP contribution in [0.25, 0.3) is 0 Å². The van der Waals surface area contributed by atoms with Crippen LogP contribution in [-0.2, 0) is 0 Å². The monoisotopic (exact) mass is 254 g/mol. The second-order valence-corrected chi connectivity index (χ2v) is 5.44. The van der Waals surface area contributed by atoms with E-state index >= 15 is 0 Å². The minimum atomic E-state index is 0.730. The first-order valence-electron chi connectivity index (χ1n) is 5.29. The molecule has 0 bridgehead atoms. The minimum Gasteiger partial charge on any atom is -0.288 e. The molecule has 0 aromatic carbocycles. The van der Waals surface area contributed by atoms with Crippen molar-refractivity contribution >= 4 is 46.0 Å². The van der Waals surface area contributed by atoms with Gasteiger partial charge in [0.25, 0.3) is 0 Å². The summed E-state index contributed by atoms with van der Waals surface area (Å²) >= 11 is 3.53. The fourth-order valence-corrected chi connectivity index (χ4v) is 2.71. The lowest BCUT2D eigenvalue weighted by Crippen LogP contribution is -1.95. The van der Waals surface area contributed by atoms with Gasteiger partial charge in [0.1, 0.15) is 10.1 Å². The zero-order valence-corrected chi connectivity index (χ0v) is 10.6. The van der Waals surface area contributed by atoms with Crippen LogP contribution in [0.15, 0.2) is 20.0 Å². The molecule has 0 saturated heterocycles. The van der Waals surface area contributed by atoms with E-state index in [0.29, 0.717) is 0 Å². The summed E-state index contributed by atoms with van der Waals surface area (Å²) in [6.07, 6.45) is 3.71. The van der Waals surface area contributed by atoms with Crippen molar-refractivity contribution < 1.29 is 0 Å². The Morgan fingerprint density at radius 3 is 1.81 bits per heavy atom. The number of rotatable bonds is 5. The zero-order valence-electron chi connectivity index (χ0n) is 9.00. The van der Waals surface area contributed by atoms with Crippen LogP contribution in [-0.4, -0.2) is 60.2 Å². The quantitative estimate of drug-likeness (QED) is 0.550. The van der Waals surface area contributed by atoms with Crippen LogP contribution in [0, 0.1) is 0 Å². The van der Waals surface area contributed by atoms with Gasteiger partial charge in [-0.25, -0.2) is 0 Å². The van der Waals surface area contributed by atoms with Crippen molar-refractivity contribution in [3.8, 4) is 0 Å². The number of thioether (sulfide) groups is 2. The van der Waals surface area contributed by atoms with Gasteiger partial charge >= 0.3 is 0 Å². The maximum Gasteiger partial charge on any atom is 0.108 e. The van der Waals surface area contributed by atoms with Crippen molar-refractivity contribution in [3.05, 3.63) is 0 Å². The van der Waals surface area contributed by atoms with Gasteiger partial charge in [0, 0.05) is 24.6 Å². The Labute approximate surface area is 104 Å². The zero-order chi connectivity index (χ0) is 11.1. The molecule has 0 saturated carbocycles. The Kier molecular flexibility index (Phi) is 5.08. The van der Waals surface area contributed by atoms with Crippen LogP contribution in [0.5, 0.6) is 0 Å². The second-order valence-electron chi connectivity index (χ2n) is 3.21. The molecule has 4 nitrogen and oxygen atoms in total. The van der Waals surface area contributed by atoms with E-state index in [9.17, 15) is 0 Å². The van der Waals surface area contributed by atoms with Crippen LogP contribution in [0.1, 0.15) is 0 Å². The minimum absolute atomic E-state index is 0.730. The molecule has 2 heterocycles. The molecule has 6 heteroatoms. The average Bonchev–Trinajstić information content (AvgIpc) is 2.96. The number of hydrogen-bond acceptors (Lipinski definition) is 6. The highest BCUT2D eigenvalue weighted by Crippen LogP contribution is 2.09. The molecule has 0 unspecified atom stereocenters. The van der Waals surface area contributed by atoms with E-state index in [-0.39, 0.29) is 0 Å². The molecular formula is C10H14N4S2. The normalized spacial score (nSPS) is 21.0. The second kappa shape index (κ2) is 6.85. The van der Waals surface area contributed by atoms with Crippen molar-refractivity contribution in [1.29, 1.82) is 0 Å².